The Bertz CT molecular complexity index is 674. The van der Waals surface area contributed by atoms with Crippen LogP contribution in [0.25, 0.3) is 10.9 Å². The van der Waals surface area contributed by atoms with E-state index in [1.165, 1.54) is 5.39 Å². The van der Waals surface area contributed by atoms with Gasteiger partial charge in [0, 0.05) is 36.6 Å². The molecule has 0 aliphatic rings. The molecule has 2 aromatic heterocycles. The average Bonchev–Trinajstić information content (AvgIpc) is 2.89. The summed E-state index contributed by atoms with van der Waals surface area (Å²) >= 11 is 0. The summed E-state index contributed by atoms with van der Waals surface area (Å²) in [5, 5.41) is 10.6. The molecule has 96 valence electrons. The van der Waals surface area contributed by atoms with Gasteiger partial charge in [0.05, 0.1) is 12.1 Å². The number of nitrogens with zero attached hydrogens (tertiary/aromatic N) is 2. The number of fused-ring (bicyclic) bond motifs is 1. The Morgan fingerprint density at radius 2 is 2.00 bits per heavy atom. The molecule has 0 spiro atoms. The molecular weight excluding hydrogens is 236 g/mol. The maximum atomic E-state index is 9.44. The minimum atomic E-state index is 0.0743. The number of aryl methyl sites for hydroxylation is 2. The second-order valence-electron chi connectivity index (χ2n) is 4.59. The molecule has 0 saturated carbocycles. The van der Waals surface area contributed by atoms with Gasteiger partial charge in [-0.2, -0.15) is 0 Å². The van der Waals surface area contributed by atoms with Gasteiger partial charge in [0.25, 0.3) is 0 Å². The third kappa shape index (κ3) is 2.37. The number of benzene rings is 1. The molecule has 0 atom stereocenters. The zero-order valence-corrected chi connectivity index (χ0v) is 10.7. The van der Waals surface area contributed by atoms with Crippen LogP contribution in [0.5, 0.6) is 0 Å². The van der Waals surface area contributed by atoms with Gasteiger partial charge in [-0.05, 0) is 23.6 Å². The summed E-state index contributed by atoms with van der Waals surface area (Å²) in [5.74, 6) is 0. The van der Waals surface area contributed by atoms with E-state index in [0.29, 0.717) is 0 Å². The van der Waals surface area contributed by atoms with Crippen LogP contribution in [0.2, 0.25) is 0 Å². The quantitative estimate of drug-likeness (QED) is 0.775. The fraction of sp³-hybridized carbons (Fsp3) is 0.188. The molecule has 0 fully saturated rings. The zero-order valence-electron chi connectivity index (χ0n) is 10.7. The SMILES string of the molecule is OCc1cccc2ccn(CCc3ccccn3)c12. The van der Waals surface area contributed by atoms with E-state index in [1.54, 1.807) is 0 Å². The van der Waals surface area contributed by atoms with Crippen LogP contribution in [0.15, 0.2) is 54.9 Å². The number of aliphatic hydroxyl groups excluding tert-OH is 1. The van der Waals surface area contributed by atoms with Gasteiger partial charge in [-0.25, -0.2) is 0 Å². The minimum absolute atomic E-state index is 0.0743. The molecule has 1 N–H and O–H groups in total. The Morgan fingerprint density at radius 3 is 2.79 bits per heavy atom. The van der Waals surface area contributed by atoms with Crippen molar-refractivity contribution < 1.29 is 5.11 Å². The number of hydrogen-bond donors (Lipinski definition) is 1. The Kier molecular flexibility index (Phi) is 3.29. The first-order chi connectivity index (χ1) is 9.38. The van der Waals surface area contributed by atoms with E-state index >= 15 is 0 Å². The summed E-state index contributed by atoms with van der Waals surface area (Å²) in [6, 6.07) is 14.1. The molecule has 0 saturated heterocycles. The highest BCUT2D eigenvalue weighted by molar-refractivity contribution is 5.83. The summed E-state index contributed by atoms with van der Waals surface area (Å²) in [5.41, 5.74) is 3.19. The summed E-state index contributed by atoms with van der Waals surface area (Å²) in [6.45, 7) is 0.947. The second-order valence-corrected chi connectivity index (χ2v) is 4.59. The van der Waals surface area contributed by atoms with Crippen molar-refractivity contribution in [2.45, 2.75) is 19.6 Å². The monoisotopic (exact) mass is 252 g/mol. The predicted octanol–water partition coefficient (Wildman–Crippen LogP) is 2.77. The van der Waals surface area contributed by atoms with Gasteiger partial charge in [0.2, 0.25) is 0 Å². The van der Waals surface area contributed by atoms with Crippen LogP contribution >= 0.6 is 0 Å². The molecular formula is C16H16N2O. The molecule has 0 amide bonds. The highest BCUT2D eigenvalue weighted by Gasteiger charge is 2.06. The van der Waals surface area contributed by atoms with Gasteiger partial charge in [-0.3, -0.25) is 4.98 Å². The molecule has 0 bridgehead atoms. The maximum Gasteiger partial charge on any atom is 0.0702 e. The van der Waals surface area contributed by atoms with Crippen LogP contribution in [0, 0.1) is 0 Å². The third-order valence-corrected chi connectivity index (χ3v) is 3.38. The van der Waals surface area contributed by atoms with Crippen molar-refractivity contribution >= 4 is 10.9 Å². The van der Waals surface area contributed by atoms with Gasteiger partial charge < -0.3 is 9.67 Å². The normalized spacial score (nSPS) is 11.0. The zero-order chi connectivity index (χ0) is 13.1. The molecule has 0 radical (unpaired) electrons. The lowest BCUT2D eigenvalue weighted by Crippen LogP contribution is -2.02. The van der Waals surface area contributed by atoms with E-state index in [4.69, 9.17) is 0 Å². The highest BCUT2D eigenvalue weighted by Crippen LogP contribution is 2.20. The lowest BCUT2D eigenvalue weighted by atomic mass is 10.1. The molecule has 3 heteroatoms. The molecule has 3 aromatic rings. The molecule has 0 aliphatic heterocycles. The topological polar surface area (TPSA) is 38.0 Å². The Labute approximate surface area is 112 Å². The van der Waals surface area contributed by atoms with Crippen molar-refractivity contribution in [2.24, 2.45) is 0 Å². The van der Waals surface area contributed by atoms with Crippen LogP contribution in [0.1, 0.15) is 11.3 Å². The van der Waals surface area contributed by atoms with Crippen molar-refractivity contribution in [3.05, 3.63) is 66.1 Å². The molecule has 2 heterocycles. The number of aromatic nitrogens is 2. The average molecular weight is 252 g/mol. The van der Waals surface area contributed by atoms with E-state index in [1.807, 2.05) is 36.5 Å². The van der Waals surface area contributed by atoms with E-state index in [2.05, 4.69) is 27.9 Å². The smallest absolute Gasteiger partial charge is 0.0702 e. The van der Waals surface area contributed by atoms with E-state index in [0.717, 1.165) is 29.7 Å². The first-order valence-corrected chi connectivity index (χ1v) is 6.46. The Hall–Kier alpha value is -2.13. The van der Waals surface area contributed by atoms with Crippen LogP contribution in [-0.4, -0.2) is 14.7 Å². The van der Waals surface area contributed by atoms with Crippen molar-refractivity contribution in [2.75, 3.05) is 0 Å². The lowest BCUT2D eigenvalue weighted by molar-refractivity contribution is 0.283. The number of rotatable bonds is 4. The maximum absolute atomic E-state index is 9.44. The first kappa shape index (κ1) is 11.9. The summed E-state index contributed by atoms with van der Waals surface area (Å²) in [7, 11) is 0. The standard InChI is InChI=1S/C16H16N2O/c19-12-14-5-3-4-13-7-10-18(16(13)14)11-8-15-6-1-2-9-17-15/h1-7,9-10,19H,8,11-12H2. The number of hydrogen-bond acceptors (Lipinski definition) is 2. The highest BCUT2D eigenvalue weighted by atomic mass is 16.3. The Morgan fingerprint density at radius 1 is 1.05 bits per heavy atom. The lowest BCUT2D eigenvalue weighted by Gasteiger charge is -2.08. The number of pyridine rings is 1. The summed E-state index contributed by atoms with van der Waals surface area (Å²) in [4.78, 5) is 4.34. The van der Waals surface area contributed by atoms with E-state index in [9.17, 15) is 5.11 Å². The molecule has 0 aliphatic carbocycles. The largest absolute Gasteiger partial charge is 0.392 e. The van der Waals surface area contributed by atoms with Crippen LogP contribution in [0.3, 0.4) is 0 Å². The van der Waals surface area contributed by atoms with Gasteiger partial charge in [0.15, 0.2) is 0 Å². The Balaban J connectivity index is 1.89. The van der Waals surface area contributed by atoms with Crippen LogP contribution in [-0.2, 0) is 19.6 Å². The van der Waals surface area contributed by atoms with Gasteiger partial charge >= 0.3 is 0 Å². The number of para-hydroxylation sites is 1. The van der Waals surface area contributed by atoms with Crippen molar-refractivity contribution in [3.63, 3.8) is 0 Å². The van der Waals surface area contributed by atoms with Crippen molar-refractivity contribution in [1.29, 1.82) is 0 Å². The van der Waals surface area contributed by atoms with Gasteiger partial charge in [0.1, 0.15) is 0 Å². The fourth-order valence-corrected chi connectivity index (χ4v) is 2.44. The molecule has 3 nitrogen and oxygen atoms in total. The first-order valence-electron chi connectivity index (χ1n) is 6.46. The van der Waals surface area contributed by atoms with Crippen molar-refractivity contribution in [1.82, 2.24) is 9.55 Å². The third-order valence-electron chi connectivity index (χ3n) is 3.38. The minimum Gasteiger partial charge on any atom is -0.392 e. The molecule has 0 unspecified atom stereocenters. The summed E-state index contributed by atoms with van der Waals surface area (Å²) in [6.07, 6.45) is 4.79. The van der Waals surface area contributed by atoms with Crippen LogP contribution < -0.4 is 0 Å². The van der Waals surface area contributed by atoms with Crippen molar-refractivity contribution in [3.8, 4) is 0 Å². The van der Waals surface area contributed by atoms with Crippen LogP contribution in [0.4, 0.5) is 0 Å². The predicted molar refractivity (Wildman–Crippen MR) is 75.8 cm³/mol. The molecule has 19 heavy (non-hydrogen) atoms. The van der Waals surface area contributed by atoms with Gasteiger partial charge in [-0.15, -0.1) is 0 Å². The second kappa shape index (κ2) is 5.24. The number of aliphatic hydroxyl groups is 1. The molecule has 3 rings (SSSR count). The van der Waals surface area contributed by atoms with Gasteiger partial charge in [-0.1, -0.05) is 24.3 Å². The fourth-order valence-electron chi connectivity index (χ4n) is 2.44. The summed E-state index contributed by atoms with van der Waals surface area (Å²) < 4.78 is 2.19. The van der Waals surface area contributed by atoms with E-state index < -0.39 is 0 Å². The molecule has 1 aromatic carbocycles. The van der Waals surface area contributed by atoms with E-state index in [-0.39, 0.29) is 6.61 Å².